The first-order valence-electron chi connectivity index (χ1n) is 5.57. The molecule has 2 rings (SSSR count). The van der Waals surface area contributed by atoms with Crippen molar-refractivity contribution in [1.29, 1.82) is 0 Å². The topological polar surface area (TPSA) is 66.0 Å². The van der Waals surface area contributed by atoms with Crippen molar-refractivity contribution in [2.24, 2.45) is 12.8 Å². The van der Waals surface area contributed by atoms with Gasteiger partial charge in [-0.25, -0.2) is 0 Å². The highest BCUT2D eigenvalue weighted by atomic mass is 32.2. The van der Waals surface area contributed by atoms with Crippen LogP contribution >= 0.6 is 11.8 Å². The van der Waals surface area contributed by atoms with E-state index in [9.17, 15) is 0 Å². The molecule has 0 bridgehead atoms. The van der Waals surface area contributed by atoms with Crippen molar-refractivity contribution in [1.82, 2.24) is 14.8 Å². The van der Waals surface area contributed by atoms with Gasteiger partial charge < -0.3 is 15.0 Å². The molecule has 0 spiro atoms. The number of ether oxygens (including phenoxy) is 1. The van der Waals surface area contributed by atoms with Gasteiger partial charge in [0.15, 0.2) is 5.16 Å². The molecule has 96 valence electrons. The molecule has 6 heteroatoms. The minimum Gasteiger partial charge on any atom is -0.497 e. The van der Waals surface area contributed by atoms with Crippen LogP contribution in [-0.2, 0) is 7.05 Å². The molecule has 0 radical (unpaired) electrons. The summed E-state index contributed by atoms with van der Waals surface area (Å²) in [5.41, 5.74) is 7.22. The van der Waals surface area contributed by atoms with E-state index in [1.807, 2.05) is 35.9 Å². The maximum absolute atomic E-state index is 6.13. The maximum atomic E-state index is 6.13. The van der Waals surface area contributed by atoms with Gasteiger partial charge in [-0.2, -0.15) is 0 Å². The smallest absolute Gasteiger partial charge is 0.190 e. The van der Waals surface area contributed by atoms with Gasteiger partial charge in [-0.3, -0.25) is 0 Å². The van der Waals surface area contributed by atoms with Crippen molar-refractivity contribution in [3.63, 3.8) is 0 Å². The summed E-state index contributed by atoms with van der Waals surface area (Å²) < 4.78 is 7.00. The fourth-order valence-corrected chi connectivity index (χ4v) is 2.39. The molecule has 0 aliphatic carbocycles. The number of benzene rings is 1. The van der Waals surface area contributed by atoms with Gasteiger partial charge in [0.1, 0.15) is 12.1 Å². The zero-order chi connectivity index (χ0) is 13.0. The number of aryl methyl sites for hydroxylation is 1. The highest BCUT2D eigenvalue weighted by Crippen LogP contribution is 2.22. The summed E-state index contributed by atoms with van der Waals surface area (Å²) in [6.07, 6.45) is 1.68. The summed E-state index contributed by atoms with van der Waals surface area (Å²) in [7, 11) is 3.57. The molecule has 0 saturated carbocycles. The number of hydrogen-bond acceptors (Lipinski definition) is 5. The molecule has 1 heterocycles. The maximum Gasteiger partial charge on any atom is 0.190 e. The fourth-order valence-electron chi connectivity index (χ4n) is 1.51. The van der Waals surface area contributed by atoms with Gasteiger partial charge >= 0.3 is 0 Å². The Morgan fingerprint density at radius 3 is 2.67 bits per heavy atom. The van der Waals surface area contributed by atoms with Gasteiger partial charge in [-0.05, 0) is 17.7 Å². The molecule has 0 aliphatic rings. The second-order valence-corrected chi connectivity index (χ2v) is 4.90. The lowest BCUT2D eigenvalue weighted by Crippen LogP contribution is -2.13. The molecule has 0 aliphatic heterocycles. The number of hydrogen-bond donors (Lipinski definition) is 1. The van der Waals surface area contributed by atoms with Gasteiger partial charge in [-0.1, -0.05) is 23.9 Å². The molecular weight excluding hydrogens is 248 g/mol. The number of nitrogens with two attached hydrogens (primary N) is 1. The minimum atomic E-state index is -0.0300. The van der Waals surface area contributed by atoms with E-state index < -0.39 is 0 Å². The molecule has 0 amide bonds. The Kier molecular flexibility index (Phi) is 4.22. The van der Waals surface area contributed by atoms with E-state index >= 15 is 0 Å². The van der Waals surface area contributed by atoms with E-state index in [1.54, 1.807) is 25.2 Å². The molecule has 2 N–H and O–H groups in total. The Labute approximate surface area is 110 Å². The second-order valence-electron chi connectivity index (χ2n) is 3.92. The summed E-state index contributed by atoms with van der Waals surface area (Å²) in [4.78, 5) is 0. The van der Waals surface area contributed by atoms with Gasteiger partial charge in [0.25, 0.3) is 0 Å². The Morgan fingerprint density at radius 2 is 2.11 bits per heavy atom. The Hall–Kier alpha value is -1.53. The van der Waals surface area contributed by atoms with Crippen LogP contribution in [0, 0.1) is 0 Å². The predicted molar refractivity (Wildman–Crippen MR) is 71.6 cm³/mol. The minimum absolute atomic E-state index is 0.0300. The molecule has 1 aromatic heterocycles. The fraction of sp³-hybridized carbons (Fsp3) is 0.333. The van der Waals surface area contributed by atoms with Gasteiger partial charge in [0.05, 0.1) is 7.11 Å². The Bertz CT molecular complexity index is 497. The van der Waals surface area contributed by atoms with Crippen LogP contribution in [0.3, 0.4) is 0 Å². The quantitative estimate of drug-likeness (QED) is 0.831. The van der Waals surface area contributed by atoms with Crippen molar-refractivity contribution >= 4 is 11.8 Å². The van der Waals surface area contributed by atoms with Crippen LogP contribution in [0.15, 0.2) is 35.7 Å². The largest absolute Gasteiger partial charge is 0.497 e. The van der Waals surface area contributed by atoms with Crippen LogP contribution in [0.5, 0.6) is 5.75 Å². The zero-order valence-electron chi connectivity index (χ0n) is 10.4. The summed E-state index contributed by atoms with van der Waals surface area (Å²) in [6, 6.07) is 7.78. The number of methoxy groups -OCH3 is 1. The molecule has 1 aromatic carbocycles. The van der Waals surface area contributed by atoms with Crippen LogP contribution in [0.4, 0.5) is 0 Å². The lowest BCUT2D eigenvalue weighted by Gasteiger charge is -2.11. The van der Waals surface area contributed by atoms with E-state index in [0.717, 1.165) is 22.2 Å². The molecule has 0 saturated heterocycles. The lowest BCUT2D eigenvalue weighted by molar-refractivity contribution is 0.414. The third-order valence-corrected chi connectivity index (χ3v) is 3.76. The lowest BCUT2D eigenvalue weighted by atomic mass is 10.1. The average Bonchev–Trinajstić information content (AvgIpc) is 2.81. The summed E-state index contributed by atoms with van der Waals surface area (Å²) in [5, 5.41) is 8.71. The van der Waals surface area contributed by atoms with Gasteiger partial charge in [0, 0.05) is 18.8 Å². The van der Waals surface area contributed by atoms with Crippen molar-refractivity contribution in [2.45, 2.75) is 11.2 Å². The second kappa shape index (κ2) is 5.88. The SMILES string of the molecule is COc1ccc(C(N)CSc2nncn2C)cc1. The average molecular weight is 264 g/mol. The first-order valence-corrected chi connectivity index (χ1v) is 6.55. The van der Waals surface area contributed by atoms with Crippen LogP contribution in [0.2, 0.25) is 0 Å². The van der Waals surface area contributed by atoms with E-state index in [4.69, 9.17) is 10.5 Å². The van der Waals surface area contributed by atoms with Crippen LogP contribution in [0.25, 0.3) is 0 Å². The van der Waals surface area contributed by atoms with E-state index in [0.29, 0.717) is 0 Å². The van der Waals surface area contributed by atoms with Crippen molar-refractivity contribution in [3.8, 4) is 5.75 Å². The molecular formula is C12H16N4OS. The molecule has 0 fully saturated rings. The summed E-state index contributed by atoms with van der Waals surface area (Å²) >= 11 is 1.60. The highest BCUT2D eigenvalue weighted by molar-refractivity contribution is 7.99. The zero-order valence-corrected chi connectivity index (χ0v) is 11.2. The third-order valence-electron chi connectivity index (χ3n) is 2.61. The molecule has 1 unspecified atom stereocenters. The standard InChI is InChI=1S/C12H16N4OS/c1-16-8-14-15-12(16)18-7-11(13)9-3-5-10(17-2)6-4-9/h3-6,8,11H,7,13H2,1-2H3. The molecule has 1 atom stereocenters. The first-order chi connectivity index (χ1) is 8.70. The van der Waals surface area contributed by atoms with Gasteiger partial charge in [0.2, 0.25) is 0 Å². The van der Waals surface area contributed by atoms with Crippen molar-refractivity contribution in [2.75, 3.05) is 12.9 Å². The predicted octanol–water partition coefficient (Wildman–Crippen LogP) is 1.62. The first kappa shape index (κ1) is 12.9. The number of aromatic nitrogens is 3. The number of rotatable bonds is 5. The van der Waals surface area contributed by atoms with E-state index in [1.165, 1.54) is 0 Å². The third kappa shape index (κ3) is 3.02. The van der Waals surface area contributed by atoms with Crippen molar-refractivity contribution < 1.29 is 4.74 Å². The van der Waals surface area contributed by atoms with E-state index in [2.05, 4.69) is 10.2 Å². The number of nitrogens with zero attached hydrogens (tertiary/aromatic N) is 3. The normalized spacial score (nSPS) is 12.4. The number of thioether (sulfide) groups is 1. The summed E-state index contributed by atoms with van der Waals surface area (Å²) in [5.74, 6) is 1.60. The summed E-state index contributed by atoms with van der Waals surface area (Å²) in [6.45, 7) is 0. The molecule has 2 aromatic rings. The Morgan fingerprint density at radius 1 is 1.39 bits per heavy atom. The van der Waals surface area contributed by atoms with Gasteiger partial charge in [-0.15, -0.1) is 10.2 Å². The van der Waals surface area contributed by atoms with Crippen LogP contribution in [0.1, 0.15) is 11.6 Å². The van der Waals surface area contributed by atoms with Crippen LogP contribution < -0.4 is 10.5 Å². The monoisotopic (exact) mass is 264 g/mol. The van der Waals surface area contributed by atoms with Crippen molar-refractivity contribution in [3.05, 3.63) is 36.2 Å². The molecule has 18 heavy (non-hydrogen) atoms. The molecule has 5 nitrogen and oxygen atoms in total. The highest BCUT2D eigenvalue weighted by Gasteiger charge is 2.09. The van der Waals surface area contributed by atoms with Crippen LogP contribution in [-0.4, -0.2) is 27.6 Å². The van der Waals surface area contributed by atoms with E-state index in [-0.39, 0.29) is 6.04 Å². The Balaban J connectivity index is 1.94.